The third kappa shape index (κ3) is 4.14. The van der Waals surface area contributed by atoms with Gasteiger partial charge in [-0.3, -0.25) is 4.79 Å². The summed E-state index contributed by atoms with van der Waals surface area (Å²) in [6.45, 7) is 11.2. The van der Waals surface area contributed by atoms with Crippen LogP contribution < -0.4 is 0 Å². The van der Waals surface area contributed by atoms with Gasteiger partial charge in [0.2, 0.25) is 0 Å². The summed E-state index contributed by atoms with van der Waals surface area (Å²) < 4.78 is 0. The standard InChI is InChI=1S/C20H34O2/c1-18(2)8-6-15(7-9-18)16(21)14-17(22)20(5)12-10-19(3,4)11-13-20/h14-15,21H,6-13H2,1-5H3/b16-14-. The second-order valence-electron chi connectivity index (χ2n) is 9.60. The zero-order chi connectivity index (χ0) is 16.6. The summed E-state index contributed by atoms with van der Waals surface area (Å²) in [6, 6.07) is 0. The molecule has 2 saturated carbocycles. The van der Waals surface area contributed by atoms with Crippen molar-refractivity contribution in [2.75, 3.05) is 0 Å². The molecule has 2 aliphatic rings. The number of allylic oxidation sites excluding steroid dienone is 2. The number of rotatable bonds is 3. The largest absolute Gasteiger partial charge is 0.512 e. The van der Waals surface area contributed by atoms with Gasteiger partial charge in [0.25, 0.3) is 0 Å². The Hall–Kier alpha value is -0.790. The summed E-state index contributed by atoms with van der Waals surface area (Å²) in [5.74, 6) is 0.678. The van der Waals surface area contributed by atoms with Gasteiger partial charge in [-0.05, 0) is 62.2 Å². The van der Waals surface area contributed by atoms with E-state index in [-0.39, 0.29) is 17.1 Å². The van der Waals surface area contributed by atoms with E-state index < -0.39 is 0 Å². The summed E-state index contributed by atoms with van der Waals surface area (Å²) in [6.07, 6.45) is 9.94. The maximum absolute atomic E-state index is 12.7. The Morgan fingerprint density at radius 3 is 1.82 bits per heavy atom. The van der Waals surface area contributed by atoms with Gasteiger partial charge in [-0.2, -0.15) is 0 Å². The molecule has 0 aliphatic heterocycles. The van der Waals surface area contributed by atoms with Crippen LogP contribution in [0.25, 0.3) is 0 Å². The molecule has 22 heavy (non-hydrogen) atoms. The highest BCUT2D eigenvalue weighted by Crippen LogP contribution is 2.46. The van der Waals surface area contributed by atoms with E-state index in [1.54, 1.807) is 6.08 Å². The topological polar surface area (TPSA) is 37.3 Å². The van der Waals surface area contributed by atoms with Crippen LogP contribution >= 0.6 is 0 Å². The fourth-order valence-electron chi connectivity index (χ4n) is 3.85. The molecule has 0 heterocycles. The number of aliphatic hydroxyl groups is 1. The highest BCUT2D eigenvalue weighted by atomic mass is 16.3. The van der Waals surface area contributed by atoms with Crippen LogP contribution in [0, 0.1) is 22.2 Å². The number of carbonyl (C=O) groups excluding carboxylic acids is 1. The lowest BCUT2D eigenvalue weighted by Crippen LogP contribution is -2.35. The average molecular weight is 306 g/mol. The predicted octanol–water partition coefficient (Wildman–Crippen LogP) is 5.82. The van der Waals surface area contributed by atoms with E-state index >= 15 is 0 Å². The Kier molecular flexibility index (Phi) is 4.80. The average Bonchev–Trinajstić information content (AvgIpc) is 2.42. The van der Waals surface area contributed by atoms with Gasteiger partial charge in [0.1, 0.15) is 0 Å². The van der Waals surface area contributed by atoms with Crippen molar-refractivity contribution in [3.05, 3.63) is 11.8 Å². The normalized spacial score (nSPS) is 28.3. The van der Waals surface area contributed by atoms with Crippen LogP contribution in [0.1, 0.15) is 86.0 Å². The van der Waals surface area contributed by atoms with Crippen molar-refractivity contribution >= 4 is 5.78 Å². The first-order valence-corrected chi connectivity index (χ1v) is 8.98. The van der Waals surface area contributed by atoms with Crippen molar-refractivity contribution in [2.45, 2.75) is 86.0 Å². The van der Waals surface area contributed by atoms with Crippen LogP contribution in [0.4, 0.5) is 0 Å². The SMILES string of the molecule is CC1(C)CCC(/C(O)=C/C(=O)C2(C)CCC(C)(C)CC2)CC1. The molecule has 126 valence electrons. The van der Waals surface area contributed by atoms with Gasteiger partial charge in [0.05, 0.1) is 5.76 Å². The van der Waals surface area contributed by atoms with Crippen LogP contribution in [0.15, 0.2) is 11.8 Å². The summed E-state index contributed by atoms with van der Waals surface area (Å²) in [5, 5.41) is 10.4. The molecule has 0 radical (unpaired) electrons. The second kappa shape index (κ2) is 6.02. The zero-order valence-electron chi connectivity index (χ0n) is 15.2. The Balaban J connectivity index is 1.98. The van der Waals surface area contributed by atoms with Gasteiger partial charge in [-0.25, -0.2) is 0 Å². The van der Waals surface area contributed by atoms with E-state index in [0.717, 1.165) is 51.4 Å². The second-order valence-corrected chi connectivity index (χ2v) is 9.60. The Bertz CT molecular complexity index is 436. The van der Waals surface area contributed by atoms with Crippen LogP contribution in [-0.2, 0) is 4.79 Å². The molecule has 0 aromatic rings. The number of aliphatic hydroxyl groups excluding tert-OH is 1. The fourth-order valence-corrected chi connectivity index (χ4v) is 3.85. The molecule has 2 rings (SSSR count). The minimum Gasteiger partial charge on any atom is -0.512 e. The van der Waals surface area contributed by atoms with Crippen molar-refractivity contribution in [3.8, 4) is 0 Å². The number of hydrogen-bond donors (Lipinski definition) is 1. The van der Waals surface area contributed by atoms with Gasteiger partial charge in [-0.15, -0.1) is 0 Å². The van der Waals surface area contributed by atoms with Gasteiger partial charge in [0, 0.05) is 17.4 Å². The molecule has 0 amide bonds. The molecule has 0 unspecified atom stereocenters. The zero-order valence-corrected chi connectivity index (χ0v) is 15.2. The minimum absolute atomic E-state index is 0.144. The Morgan fingerprint density at radius 1 is 0.864 bits per heavy atom. The molecule has 0 aromatic heterocycles. The molecule has 0 aromatic carbocycles. The summed E-state index contributed by atoms with van der Waals surface area (Å²) in [4.78, 5) is 12.7. The van der Waals surface area contributed by atoms with E-state index in [1.807, 2.05) is 0 Å². The van der Waals surface area contributed by atoms with Crippen molar-refractivity contribution < 1.29 is 9.90 Å². The van der Waals surface area contributed by atoms with E-state index in [0.29, 0.717) is 16.6 Å². The predicted molar refractivity (Wildman–Crippen MR) is 91.8 cm³/mol. The quantitative estimate of drug-likeness (QED) is 0.527. The number of carbonyl (C=O) groups is 1. The molecule has 0 saturated heterocycles. The smallest absolute Gasteiger partial charge is 0.164 e. The number of ketones is 1. The first kappa shape index (κ1) is 17.6. The third-order valence-corrected chi connectivity index (χ3v) is 6.34. The molecule has 2 fully saturated rings. The maximum Gasteiger partial charge on any atom is 0.164 e. The molecule has 2 nitrogen and oxygen atoms in total. The van der Waals surface area contributed by atoms with E-state index in [1.165, 1.54) is 0 Å². The molecule has 0 atom stereocenters. The molecule has 1 N–H and O–H groups in total. The Labute approximate surface area is 136 Å². The molecule has 2 heteroatoms. The molecular weight excluding hydrogens is 272 g/mol. The summed E-state index contributed by atoms with van der Waals surface area (Å²) in [5.41, 5.74) is 0.486. The Morgan fingerprint density at radius 2 is 1.32 bits per heavy atom. The first-order chi connectivity index (χ1) is 10.0. The summed E-state index contributed by atoms with van der Waals surface area (Å²) in [7, 11) is 0. The van der Waals surface area contributed by atoms with E-state index in [9.17, 15) is 9.90 Å². The lowest BCUT2D eigenvalue weighted by Gasteiger charge is -2.40. The van der Waals surface area contributed by atoms with Crippen LogP contribution in [0.5, 0.6) is 0 Å². The maximum atomic E-state index is 12.7. The fraction of sp³-hybridized carbons (Fsp3) is 0.850. The van der Waals surface area contributed by atoms with E-state index in [4.69, 9.17) is 0 Å². The van der Waals surface area contributed by atoms with Crippen molar-refractivity contribution in [1.82, 2.24) is 0 Å². The van der Waals surface area contributed by atoms with Crippen molar-refractivity contribution in [1.29, 1.82) is 0 Å². The monoisotopic (exact) mass is 306 g/mol. The molecule has 0 bridgehead atoms. The molecule has 0 spiro atoms. The van der Waals surface area contributed by atoms with Gasteiger partial charge in [0.15, 0.2) is 5.78 Å². The number of hydrogen-bond acceptors (Lipinski definition) is 2. The van der Waals surface area contributed by atoms with Crippen LogP contribution in [0.3, 0.4) is 0 Å². The van der Waals surface area contributed by atoms with Crippen LogP contribution in [-0.4, -0.2) is 10.9 Å². The van der Waals surface area contributed by atoms with Gasteiger partial charge < -0.3 is 5.11 Å². The van der Waals surface area contributed by atoms with Crippen molar-refractivity contribution in [2.24, 2.45) is 22.2 Å². The third-order valence-electron chi connectivity index (χ3n) is 6.34. The van der Waals surface area contributed by atoms with Crippen molar-refractivity contribution in [3.63, 3.8) is 0 Å². The lowest BCUT2D eigenvalue weighted by atomic mass is 9.64. The van der Waals surface area contributed by atoms with Crippen LogP contribution in [0.2, 0.25) is 0 Å². The molecule has 2 aliphatic carbocycles. The first-order valence-electron chi connectivity index (χ1n) is 8.98. The molecular formula is C20H34O2. The van der Waals surface area contributed by atoms with Gasteiger partial charge >= 0.3 is 0 Å². The lowest BCUT2D eigenvalue weighted by molar-refractivity contribution is -0.125. The summed E-state index contributed by atoms with van der Waals surface area (Å²) >= 11 is 0. The van der Waals surface area contributed by atoms with Gasteiger partial charge in [-0.1, -0.05) is 34.6 Å². The highest BCUT2D eigenvalue weighted by molar-refractivity contribution is 5.95. The highest BCUT2D eigenvalue weighted by Gasteiger charge is 2.39. The van der Waals surface area contributed by atoms with E-state index in [2.05, 4.69) is 34.6 Å². The minimum atomic E-state index is -0.266.